The van der Waals surface area contributed by atoms with Gasteiger partial charge < -0.3 is 14.8 Å². The second-order valence-corrected chi connectivity index (χ2v) is 8.02. The number of nitrogens with one attached hydrogen (secondary N) is 1. The standard InChI is InChI=1S/C23H23ClN4O3/c24-17-3-1-2-16(12-17)15-27-7-9-28(10-8-27)22(23(29)30)20-14-26-21-5-4-18(13-19(20)21)31-11-6-25/h1-5,12-14,22,26H,7-11,15H2,(H,29,30). The zero-order valence-electron chi connectivity index (χ0n) is 16.9. The number of aromatic amines is 1. The van der Waals surface area contributed by atoms with E-state index in [-0.39, 0.29) is 6.61 Å². The van der Waals surface area contributed by atoms with Crippen molar-refractivity contribution in [2.75, 3.05) is 32.8 Å². The molecule has 1 saturated heterocycles. The van der Waals surface area contributed by atoms with Crippen LogP contribution in [0.1, 0.15) is 17.2 Å². The van der Waals surface area contributed by atoms with Crippen molar-refractivity contribution in [3.05, 3.63) is 64.8 Å². The third-order valence-corrected chi connectivity index (χ3v) is 5.82. The van der Waals surface area contributed by atoms with E-state index in [1.807, 2.05) is 35.2 Å². The zero-order chi connectivity index (χ0) is 21.8. The molecule has 0 spiro atoms. The summed E-state index contributed by atoms with van der Waals surface area (Å²) in [5.74, 6) is -0.335. The Balaban J connectivity index is 1.50. The molecular formula is C23H23ClN4O3. The van der Waals surface area contributed by atoms with Gasteiger partial charge in [-0.2, -0.15) is 5.26 Å². The lowest BCUT2D eigenvalue weighted by atomic mass is 10.0. The molecule has 1 fully saturated rings. The largest absolute Gasteiger partial charge is 0.480 e. The van der Waals surface area contributed by atoms with Gasteiger partial charge in [0.25, 0.3) is 0 Å². The van der Waals surface area contributed by atoms with Crippen molar-refractivity contribution in [1.29, 1.82) is 5.26 Å². The van der Waals surface area contributed by atoms with Gasteiger partial charge in [0.15, 0.2) is 6.61 Å². The highest BCUT2D eigenvalue weighted by molar-refractivity contribution is 6.30. The zero-order valence-corrected chi connectivity index (χ0v) is 17.7. The molecule has 7 nitrogen and oxygen atoms in total. The molecule has 1 unspecified atom stereocenters. The van der Waals surface area contributed by atoms with Crippen LogP contribution >= 0.6 is 11.6 Å². The number of aliphatic carboxylic acids is 1. The molecule has 2 heterocycles. The van der Waals surface area contributed by atoms with Gasteiger partial charge >= 0.3 is 5.97 Å². The molecule has 2 N–H and O–H groups in total. The highest BCUT2D eigenvalue weighted by Gasteiger charge is 2.32. The number of carboxylic acids is 1. The van der Waals surface area contributed by atoms with Crippen LogP contribution in [0.25, 0.3) is 10.9 Å². The fourth-order valence-electron chi connectivity index (χ4n) is 4.11. The van der Waals surface area contributed by atoms with Gasteiger partial charge in [0.1, 0.15) is 17.9 Å². The van der Waals surface area contributed by atoms with Crippen molar-refractivity contribution in [3.8, 4) is 11.8 Å². The maximum atomic E-state index is 12.2. The van der Waals surface area contributed by atoms with Gasteiger partial charge in [0.2, 0.25) is 0 Å². The van der Waals surface area contributed by atoms with E-state index in [2.05, 4.69) is 16.0 Å². The van der Waals surface area contributed by atoms with E-state index in [1.54, 1.807) is 18.3 Å². The summed E-state index contributed by atoms with van der Waals surface area (Å²) in [6, 6.07) is 14.4. The number of nitriles is 1. The minimum atomic E-state index is -0.882. The first-order chi connectivity index (χ1) is 15.0. The minimum Gasteiger partial charge on any atom is -0.480 e. The summed E-state index contributed by atoms with van der Waals surface area (Å²) >= 11 is 6.09. The van der Waals surface area contributed by atoms with Crippen LogP contribution in [0.2, 0.25) is 5.02 Å². The van der Waals surface area contributed by atoms with Crippen molar-refractivity contribution >= 4 is 28.5 Å². The molecule has 0 saturated carbocycles. The number of rotatable bonds is 7. The third kappa shape index (κ3) is 4.83. The molecular weight excluding hydrogens is 416 g/mol. The minimum absolute atomic E-state index is 0.0534. The monoisotopic (exact) mass is 438 g/mol. The highest BCUT2D eigenvalue weighted by atomic mass is 35.5. The second kappa shape index (κ2) is 9.40. The van der Waals surface area contributed by atoms with Crippen molar-refractivity contribution in [3.63, 3.8) is 0 Å². The lowest BCUT2D eigenvalue weighted by molar-refractivity contribution is -0.144. The van der Waals surface area contributed by atoms with E-state index >= 15 is 0 Å². The number of piperazine rings is 1. The molecule has 3 aromatic rings. The van der Waals surface area contributed by atoms with Gasteiger partial charge in [-0.05, 0) is 35.9 Å². The maximum Gasteiger partial charge on any atom is 0.325 e. The number of ether oxygens (including phenoxy) is 1. The molecule has 1 aliphatic rings. The average Bonchev–Trinajstić information content (AvgIpc) is 3.16. The Morgan fingerprint density at radius 2 is 2.03 bits per heavy atom. The number of halogens is 1. The van der Waals surface area contributed by atoms with Crippen molar-refractivity contribution in [2.24, 2.45) is 0 Å². The first-order valence-corrected chi connectivity index (χ1v) is 10.5. The van der Waals surface area contributed by atoms with Gasteiger partial charge in [0, 0.05) is 60.4 Å². The van der Waals surface area contributed by atoms with Gasteiger partial charge in [-0.15, -0.1) is 0 Å². The molecule has 1 aromatic heterocycles. The summed E-state index contributed by atoms with van der Waals surface area (Å²) in [6.07, 6.45) is 1.76. The summed E-state index contributed by atoms with van der Waals surface area (Å²) < 4.78 is 5.40. The SMILES string of the molecule is N#CCOc1ccc2[nH]cc(C(C(=O)O)N3CCN(Cc4cccc(Cl)c4)CC3)c2c1. The van der Waals surface area contributed by atoms with Gasteiger partial charge in [-0.25, -0.2) is 0 Å². The van der Waals surface area contributed by atoms with E-state index < -0.39 is 12.0 Å². The fraction of sp³-hybridized carbons (Fsp3) is 0.304. The Morgan fingerprint density at radius 3 is 2.74 bits per heavy atom. The van der Waals surface area contributed by atoms with E-state index in [1.165, 1.54) is 0 Å². The first kappa shape index (κ1) is 21.2. The summed E-state index contributed by atoms with van der Waals surface area (Å²) in [5, 5.41) is 20.3. The molecule has 160 valence electrons. The van der Waals surface area contributed by atoms with E-state index in [0.29, 0.717) is 24.4 Å². The van der Waals surface area contributed by atoms with Crippen molar-refractivity contribution in [2.45, 2.75) is 12.6 Å². The summed E-state index contributed by atoms with van der Waals surface area (Å²) in [6.45, 7) is 3.58. The maximum absolute atomic E-state index is 12.2. The molecule has 1 atom stereocenters. The number of carbonyl (C=O) groups is 1. The average molecular weight is 439 g/mol. The Kier molecular flexibility index (Phi) is 6.42. The number of hydrogen-bond donors (Lipinski definition) is 2. The molecule has 0 radical (unpaired) electrons. The lowest BCUT2D eigenvalue weighted by Crippen LogP contribution is -2.48. The van der Waals surface area contributed by atoms with Crippen molar-refractivity contribution < 1.29 is 14.6 Å². The summed E-state index contributed by atoms with van der Waals surface area (Å²) in [7, 11) is 0. The summed E-state index contributed by atoms with van der Waals surface area (Å²) in [5.41, 5.74) is 2.69. The summed E-state index contributed by atoms with van der Waals surface area (Å²) in [4.78, 5) is 19.7. The molecule has 31 heavy (non-hydrogen) atoms. The highest BCUT2D eigenvalue weighted by Crippen LogP contribution is 2.32. The van der Waals surface area contributed by atoms with Gasteiger partial charge in [0.05, 0.1) is 0 Å². The Labute approximate surface area is 185 Å². The first-order valence-electron chi connectivity index (χ1n) is 10.1. The van der Waals surface area contributed by atoms with E-state index in [4.69, 9.17) is 21.6 Å². The van der Waals surface area contributed by atoms with Gasteiger partial charge in [-0.1, -0.05) is 23.7 Å². The molecule has 0 aliphatic carbocycles. The molecule has 8 heteroatoms. The molecule has 0 bridgehead atoms. The topological polar surface area (TPSA) is 92.6 Å². The predicted octanol–water partition coefficient (Wildman–Crippen LogP) is 3.67. The number of benzene rings is 2. The number of hydrogen-bond acceptors (Lipinski definition) is 5. The number of nitrogens with zero attached hydrogens (tertiary/aromatic N) is 3. The smallest absolute Gasteiger partial charge is 0.325 e. The number of carboxylic acid groups (broad SMARTS) is 1. The second-order valence-electron chi connectivity index (χ2n) is 7.58. The van der Waals surface area contributed by atoms with Gasteiger partial charge in [-0.3, -0.25) is 14.6 Å². The van der Waals surface area contributed by atoms with Crippen LogP contribution in [0, 0.1) is 11.3 Å². The lowest BCUT2D eigenvalue weighted by Gasteiger charge is -2.37. The quantitative estimate of drug-likeness (QED) is 0.584. The molecule has 0 amide bonds. The predicted molar refractivity (Wildman–Crippen MR) is 118 cm³/mol. The number of fused-ring (bicyclic) bond motifs is 1. The van der Waals surface area contributed by atoms with Crippen LogP contribution in [-0.4, -0.2) is 58.6 Å². The van der Waals surface area contributed by atoms with E-state index in [9.17, 15) is 9.90 Å². The number of aromatic nitrogens is 1. The Hall–Kier alpha value is -3.05. The third-order valence-electron chi connectivity index (χ3n) is 5.58. The van der Waals surface area contributed by atoms with Crippen LogP contribution in [0.15, 0.2) is 48.7 Å². The Bertz CT molecular complexity index is 1120. The van der Waals surface area contributed by atoms with E-state index in [0.717, 1.165) is 41.1 Å². The number of H-pyrrole nitrogens is 1. The molecule has 4 rings (SSSR count). The van der Waals surface area contributed by atoms with Crippen molar-refractivity contribution in [1.82, 2.24) is 14.8 Å². The van der Waals surface area contributed by atoms with Crippen LogP contribution in [-0.2, 0) is 11.3 Å². The van der Waals surface area contributed by atoms with Crippen LogP contribution < -0.4 is 4.74 Å². The molecule has 2 aromatic carbocycles. The van der Waals surface area contributed by atoms with Crippen LogP contribution in [0.4, 0.5) is 0 Å². The normalized spacial score (nSPS) is 16.1. The Morgan fingerprint density at radius 1 is 1.23 bits per heavy atom. The molecule has 1 aliphatic heterocycles. The fourth-order valence-corrected chi connectivity index (χ4v) is 4.32. The van der Waals surface area contributed by atoms with Crippen LogP contribution in [0.3, 0.4) is 0 Å². The van der Waals surface area contributed by atoms with Crippen LogP contribution in [0.5, 0.6) is 5.75 Å².